The van der Waals surface area contributed by atoms with Crippen molar-refractivity contribution in [1.29, 1.82) is 0 Å². The molecular weight excluding hydrogens is 488 g/mol. The van der Waals surface area contributed by atoms with Gasteiger partial charge >= 0.3 is 5.69 Å². The molecule has 2 aromatic rings. The monoisotopic (exact) mass is 508 g/mol. The molecule has 14 heteroatoms. The number of halogens is 1. The molecule has 0 saturated carbocycles. The van der Waals surface area contributed by atoms with Gasteiger partial charge in [-0.3, -0.25) is 10.1 Å². The lowest BCUT2D eigenvalue weighted by Crippen LogP contribution is -2.40. The molecule has 0 atom stereocenters. The number of phenols is 1. The molecule has 2 aliphatic rings. The molecule has 3 heterocycles. The molecule has 0 radical (unpaired) electrons. The van der Waals surface area contributed by atoms with Crippen LogP contribution in [0.3, 0.4) is 0 Å². The maximum atomic E-state index is 11.1. The summed E-state index contributed by atoms with van der Waals surface area (Å²) in [5.41, 5.74) is 2.48. The van der Waals surface area contributed by atoms with Gasteiger partial charge in [0.05, 0.1) is 37.6 Å². The highest BCUT2D eigenvalue weighted by molar-refractivity contribution is 9.10. The number of nitro groups is 1. The Labute approximate surface area is 191 Å². The highest BCUT2D eigenvalue weighted by atomic mass is 79.9. The van der Waals surface area contributed by atoms with Gasteiger partial charge < -0.3 is 24.4 Å². The number of phenolic OH excluding ortho intramolecular Hbond substituents is 1. The van der Waals surface area contributed by atoms with E-state index in [9.17, 15) is 15.2 Å². The quantitative estimate of drug-likeness (QED) is 0.330. The predicted molar refractivity (Wildman–Crippen MR) is 120 cm³/mol. The molecule has 0 amide bonds. The van der Waals surface area contributed by atoms with Crippen LogP contribution in [0, 0.1) is 10.1 Å². The number of aromatic hydroxyl groups is 1. The number of benzene rings is 1. The van der Waals surface area contributed by atoms with E-state index in [-0.39, 0.29) is 11.5 Å². The van der Waals surface area contributed by atoms with E-state index in [0.29, 0.717) is 69.0 Å². The summed E-state index contributed by atoms with van der Waals surface area (Å²) in [6, 6.07) is 2.73. The summed E-state index contributed by atoms with van der Waals surface area (Å²) < 4.78 is 11.2. The van der Waals surface area contributed by atoms with E-state index in [1.165, 1.54) is 18.3 Å². The van der Waals surface area contributed by atoms with Crippen molar-refractivity contribution in [2.24, 2.45) is 5.10 Å². The number of nitrogens with zero attached hydrogens (tertiary/aromatic N) is 7. The molecule has 0 aliphatic carbocycles. The lowest BCUT2D eigenvalue weighted by Gasteiger charge is -2.30. The Morgan fingerprint density at radius 2 is 1.62 bits per heavy atom. The lowest BCUT2D eigenvalue weighted by atomic mass is 10.2. The standard InChI is InChI=1S/C18H21BrN8O5/c19-13-9-12(15(28)14(10-13)27(29)30)11-20-24-16-21-17(25-1-5-31-6-2-25)23-18(22-16)26-3-7-32-8-4-26/h9-11,28H,1-8H2,(H,21,22,23,24)/b20-11+. The van der Waals surface area contributed by atoms with Crippen molar-refractivity contribution in [2.45, 2.75) is 0 Å². The minimum absolute atomic E-state index is 0.162. The van der Waals surface area contributed by atoms with Gasteiger partial charge in [-0.15, -0.1) is 0 Å². The minimum Gasteiger partial charge on any atom is -0.502 e. The number of morpholine rings is 2. The van der Waals surface area contributed by atoms with Crippen LogP contribution >= 0.6 is 15.9 Å². The molecule has 1 aromatic heterocycles. The fourth-order valence-electron chi connectivity index (χ4n) is 3.22. The number of hydrogen-bond donors (Lipinski definition) is 2. The summed E-state index contributed by atoms with van der Waals surface area (Å²) in [6.07, 6.45) is 1.26. The summed E-state index contributed by atoms with van der Waals surface area (Å²) in [5.74, 6) is 0.734. The van der Waals surface area contributed by atoms with Crippen LogP contribution < -0.4 is 15.2 Å². The Kier molecular flexibility index (Phi) is 6.92. The van der Waals surface area contributed by atoms with Gasteiger partial charge in [0.25, 0.3) is 0 Å². The van der Waals surface area contributed by atoms with Gasteiger partial charge in [0.2, 0.25) is 23.6 Å². The molecule has 2 saturated heterocycles. The predicted octanol–water partition coefficient (Wildman–Crippen LogP) is 1.37. The van der Waals surface area contributed by atoms with Crippen molar-refractivity contribution in [3.8, 4) is 5.75 Å². The molecular formula is C18H21BrN8O5. The van der Waals surface area contributed by atoms with Gasteiger partial charge in [0.1, 0.15) is 0 Å². The van der Waals surface area contributed by atoms with E-state index >= 15 is 0 Å². The summed E-state index contributed by atoms with van der Waals surface area (Å²) in [5, 5.41) is 25.3. The number of hydrazone groups is 1. The molecule has 0 unspecified atom stereocenters. The Morgan fingerprint density at radius 3 is 2.16 bits per heavy atom. The fraction of sp³-hybridized carbons (Fsp3) is 0.444. The normalized spacial score (nSPS) is 17.0. The van der Waals surface area contributed by atoms with Crippen molar-refractivity contribution < 1.29 is 19.5 Å². The topological polar surface area (TPSA) is 151 Å². The van der Waals surface area contributed by atoms with Crippen molar-refractivity contribution in [3.05, 3.63) is 32.3 Å². The third-order valence-corrected chi connectivity index (χ3v) is 5.31. The average molecular weight is 509 g/mol. The van der Waals surface area contributed by atoms with E-state index in [4.69, 9.17) is 9.47 Å². The van der Waals surface area contributed by atoms with Gasteiger partial charge in [-0.1, -0.05) is 15.9 Å². The second-order valence-electron chi connectivity index (χ2n) is 6.95. The van der Waals surface area contributed by atoms with Crippen LogP contribution in [-0.4, -0.2) is 83.8 Å². The van der Waals surface area contributed by atoms with Crippen LogP contribution in [0.25, 0.3) is 0 Å². The van der Waals surface area contributed by atoms with Crippen molar-refractivity contribution in [3.63, 3.8) is 0 Å². The van der Waals surface area contributed by atoms with E-state index in [2.05, 4.69) is 41.4 Å². The van der Waals surface area contributed by atoms with Gasteiger partial charge in [-0.25, -0.2) is 5.43 Å². The first kappa shape index (κ1) is 22.1. The fourth-order valence-corrected chi connectivity index (χ4v) is 3.68. The third-order valence-electron chi connectivity index (χ3n) is 4.85. The van der Waals surface area contributed by atoms with Crippen LogP contribution in [0.2, 0.25) is 0 Å². The lowest BCUT2D eigenvalue weighted by molar-refractivity contribution is -0.385. The Balaban J connectivity index is 1.59. The maximum Gasteiger partial charge on any atom is 0.312 e. The smallest absolute Gasteiger partial charge is 0.312 e. The molecule has 170 valence electrons. The minimum atomic E-state index is -0.667. The first-order valence-corrected chi connectivity index (χ1v) is 10.7. The summed E-state index contributed by atoms with van der Waals surface area (Å²) in [6.45, 7) is 4.97. The van der Waals surface area contributed by atoms with Gasteiger partial charge in [-0.05, 0) is 6.07 Å². The van der Waals surface area contributed by atoms with Crippen LogP contribution in [0.15, 0.2) is 21.7 Å². The molecule has 32 heavy (non-hydrogen) atoms. The first-order valence-electron chi connectivity index (χ1n) is 9.88. The maximum absolute atomic E-state index is 11.1. The number of rotatable bonds is 6. The molecule has 2 fully saturated rings. The van der Waals surface area contributed by atoms with Crippen molar-refractivity contribution in [1.82, 2.24) is 15.0 Å². The molecule has 2 aliphatic heterocycles. The zero-order valence-electron chi connectivity index (χ0n) is 17.0. The first-order chi connectivity index (χ1) is 15.5. The third kappa shape index (κ3) is 5.20. The number of nitro benzene ring substituents is 1. The van der Waals surface area contributed by atoms with E-state index in [1.807, 2.05) is 9.80 Å². The zero-order valence-corrected chi connectivity index (χ0v) is 18.6. The summed E-state index contributed by atoms with van der Waals surface area (Å²) in [7, 11) is 0. The second-order valence-corrected chi connectivity index (χ2v) is 7.86. The second kappa shape index (κ2) is 10.0. The number of aromatic nitrogens is 3. The Morgan fingerprint density at radius 1 is 1.06 bits per heavy atom. The summed E-state index contributed by atoms with van der Waals surface area (Å²) in [4.78, 5) is 28.0. The Bertz CT molecular complexity index is 975. The average Bonchev–Trinajstić information content (AvgIpc) is 2.82. The van der Waals surface area contributed by atoms with Crippen LogP contribution in [0.4, 0.5) is 23.5 Å². The number of anilines is 3. The van der Waals surface area contributed by atoms with E-state index in [1.54, 1.807) is 0 Å². The van der Waals surface area contributed by atoms with E-state index < -0.39 is 16.4 Å². The molecule has 0 spiro atoms. The number of hydrogen-bond acceptors (Lipinski definition) is 12. The number of nitrogens with one attached hydrogen (secondary N) is 1. The van der Waals surface area contributed by atoms with Crippen LogP contribution in [0.5, 0.6) is 5.75 Å². The molecule has 4 rings (SSSR count). The zero-order chi connectivity index (χ0) is 22.5. The highest BCUT2D eigenvalue weighted by Gasteiger charge is 2.21. The SMILES string of the molecule is O=[N+]([O-])c1cc(Br)cc(/C=N/Nc2nc(N3CCOCC3)nc(N3CCOCC3)n2)c1O. The summed E-state index contributed by atoms with van der Waals surface area (Å²) >= 11 is 3.20. The largest absolute Gasteiger partial charge is 0.502 e. The molecule has 13 nitrogen and oxygen atoms in total. The van der Waals surface area contributed by atoms with Gasteiger partial charge in [-0.2, -0.15) is 20.1 Å². The molecule has 0 bridgehead atoms. The van der Waals surface area contributed by atoms with Crippen LogP contribution in [-0.2, 0) is 9.47 Å². The highest BCUT2D eigenvalue weighted by Crippen LogP contribution is 2.32. The van der Waals surface area contributed by atoms with Crippen molar-refractivity contribution >= 4 is 45.7 Å². The van der Waals surface area contributed by atoms with Gasteiger partial charge in [0, 0.05) is 42.3 Å². The van der Waals surface area contributed by atoms with Crippen molar-refractivity contribution in [2.75, 3.05) is 67.8 Å². The van der Waals surface area contributed by atoms with Gasteiger partial charge in [0.15, 0.2) is 0 Å². The van der Waals surface area contributed by atoms with E-state index in [0.717, 1.165) is 0 Å². The Hall–Kier alpha value is -3.10. The van der Waals surface area contributed by atoms with Crippen LogP contribution in [0.1, 0.15) is 5.56 Å². The molecule has 2 N–H and O–H groups in total. The molecule has 1 aromatic carbocycles. The number of ether oxygens (including phenoxy) is 2.